The highest BCUT2D eigenvalue weighted by Gasteiger charge is 2.88. The van der Waals surface area contributed by atoms with Gasteiger partial charge in [-0.3, -0.25) is 0 Å². The number of nitrogens with zero attached hydrogens (tertiary/aromatic N) is 2. The fourth-order valence-corrected chi connectivity index (χ4v) is 11.1. The Labute approximate surface area is 228 Å². The van der Waals surface area contributed by atoms with E-state index < -0.39 is 24.8 Å². The second kappa shape index (κ2) is 7.24. The first-order chi connectivity index (χ1) is 16.2. The Kier molecular flexibility index (Phi) is 4.81. The highest BCUT2D eigenvalue weighted by Crippen LogP contribution is 2.82. The number of aromatic nitrogens is 2. The molecule has 2 aromatic carbocycles. The predicted octanol–water partition coefficient (Wildman–Crippen LogP) is 8.12. The number of halogens is 6. The van der Waals surface area contributed by atoms with Gasteiger partial charge in [0, 0.05) is 17.0 Å². The fraction of sp³-hybridized carbons (Fsp3) is 0.423. The lowest BCUT2D eigenvalue weighted by molar-refractivity contribution is 0.109. The standard InChI is InChI=1S/C26H20Cl6N2/c27-22-23(28)25(30)19-16-12-11-15(18(19)24(22,29)26(25,31)32)17-20(13-7-3-1-4-8-13)33-34(21(16)17)14-9-5-2-6-10-14/h1-10,15-16,18-19,22-23H,11-12H2/t15-,16-,18?,19?,22?,23?,24+,25?/m1/s1. The topological polar surface area (TPSA) is 17.8 Å². The van der Waals surface area contributed by atoms with Crippen LogP contribution in [0.5, 0.6) is 0 Å². The van der Waals surface area contributed by atoms with Crippen LogP contribution >= 0.6 is 69.6 Å². The maximum Gasteiger partial charge on any atom is 0.159 e. The van der Waals surface area contributed by atoms with Crippen LogP contribution in [0.4, 0.5) is 0 Å². The summed E-state index contributed by atoms with van der Waals surface area (Å²) in [6.45, 7) is 0. The number of hydrogen-bond donors (Lipinski definition) is 0. The van der Waals surface area contributed by atoms with E-state index in [9.17, 15) is 0 Å². The molecule has 2 nitrogen and oxygen atoms in total. The number of alkyl halides is 6. The SMILES string of the molecule is ClC1C(Cl)[C@@]2(Cl)C3C([C@H]4CC[C@@H]3c3c(-c5ccccc5)nn(-c5ccccc5)c34)C1(Cl)C2(Cl)Cl. The first kappa shape index (κ1) is 22.6. The van der Waals surface area contributed by atoms with Gasteiger partial charge in [-0.25, -0.2) is 4.68 Å². The van der Waals surface area contributed by atoms with E-state index in [1.54, 1.807) is 0 Å². The smallest absolute Gasteiger partial charge is 0.159 e. The van der Waals surface area contributed by atoms with E-state index in [2.05, 4.69) is 28.9 Å². The lowest BCUT2D eigenvalue weighted by Crippen LogP contribution is -2.57. The molecule has 3 saturated carbocycles. The molecule has 0 amide bonds. The van der Waals surface area contributed by atoms with Gasteiger partial charge >= 0.3 is 0 Å². The molecular formula is C26H20Cl6N2. The Bertz CT molecular complexity index is 1200. The summed E-state index contributed by atoms with van der Waals surface area (Å²) >= 11 is 42.7. The maximum absolute atomic E-state index is 7.39. The molecule has 0 saturated heterocycles. The first-order valence-corrected chi connectivity index (χ1v) is 13.9. The minimum Gasteiger partial charge on any atom is -0.237 e. The van der Waals surface area contributed by atoms with Crippen molar-refractivity contribution >= 4 is 69.6 Å². The molecule has 8 atom stereocenters. The molecule has 0 aliphatic heterocycles. The van der Waals surface area contributed by atoms with Crippen molar-refractivity contribution in [1.82, 2.24) is 9.78 Å². The minimum atomic E-state index is -1.46. The van der Waals surface area contributed by atoms with Crippen molar-refractivity contribution in [3.63, 3.8) is 0 Å². The number of fused-ring (bicyclic) bond motifs is 3. The highest BCUT2D eigenvalue weighted by atomic mass is 35.5. The van der Waals surface area contributed by atoms with Gasteiger partial charge in [-0.15, -0.1) is 46.4 Å². The average molecular weight is 573 g/mol. The Morgan fingerprint density at radius 1 is 0.735 bits per heavy atom. The van der Waals surface area contributed by atoms with Crippen LogP contribution in [0.25, 0.3) is 16.9 Å². The molecule has 0 N–H and O–H groups in total. The molecule has 5 aliphatic rings. The van der Waals surface area contributed by atoms with Crippen molar-refractivity contribution in [2.75, 3.05) is 0 Å². The van der Waals surface area contributed by atoms with E-state index in [1.165, 1.54) is 11.3 Å². The van der Waals surface area contributed by atoms with Gasteiger partial charge in [0.1, 0.15) is 9.75 Å². The van der Waals surface area contributed by atoms with Crippen LogP contribution in [0.15, 0.2) is 60.7 Å². The van der Waals surface area contributed by atoms with Gasteiger partial charge in [-0.05, 0) is 42.7 Å². The summed E-state index contributed by atoms with van der Waals surface area (Å²) in [4.78, 5) is -2.28. The van der Waals surface area contributed by atoms with Gasteiger partial charge < -0.3 is 0 Å². The molecule has 0 spiro atoms. The Balaban J connectivity index is 1.53. The molecule has 5 aliphatic carbocycles. The van der Waals surface area contributed by atoms with E-state index in [-0.39, 0.29) is 23.7 Å². The zero-order valence-electron chi connectivity index (χ0n) is 17.8. The molecule has 3 aromatic rings. The van der Waals surface area contributed by atoms with Crippen molar-refractivity contribution in [1.29, 1.82) is 0 Å². The number of para-hydroxylation sites is 1. The van der Waals surface area contributed by atoms with Crippen LogP contribution in [-0.4, -0.2) is 34.6 Å². The molecule has 3 fully saturated rings. The summed E-state index contributed by atoms with van der Waals surface area (Å²) in [7, 11) is 0. The summed E-state index contributed by atoms with van der Waals surface area (Å²) in [5.41, 5.74) is 5.46. The predicted molar refractivity (Wildman–Crippen MR) is 142 cm³/mol. The van der Waals surface area contributed by atoms with Gasteiger partial charge in [0.2, 0.25) is 0 Å². The second-order valence-corrected chi connectivity index (χ2v) is 13.5. The summed E-state index contributed by atoms with van der Waals surface area (Å²) in [5.74, 6) is -0.0526. The summed E-state index contributed by atoms with van der Waals surface area (Å²) < 4.78 is 0.628. The summed E-state index contributed by atoms with van der Waals surface area (Å²) in [6, 6.07) is 20.5. The largest absolute Gasteiger partial charge is 0.237 e. The van der Waals surface area contributed by atoms with E-state index in [0.29, 0.717) is 0 Å². The molecule has 1 aromatic heterocycles. The van der Waals surface area contributed by atoms with Crippen molar-refractivity contribution in [3.8, 4) is 16.9 Å². The lowest BCUT2D eigenvalue weighted by atomic mass is 9.53. The Morgan fingerprint density at radius 2 is 1.26 bits per heavy atom. The summed E-state index contributed by atoms with van der Waals surface area (Å²) in [5, 5.41) is 3.90. The summed E-state index contributed by atoms with van der Waals surface area (Å²) in [6.07, 6.45) is 1.91. The van der Waals surface area contributed by atoms with E-state index in [4.69, 9.17) is 74.7 Å². The number of rotatable bonds is 2. The molecule has 5 unspecified atom stereocenters. The molecule has 8 rings (SSSR count). The molecule has 8 heteroatoms. The zero-order valence-corrected chi connectivity index (χ0v) is 22.3. The molecule has 1 heterocycles. The third-order valence-corrected chi connectivity index (χ3v) is 13.5. The molecule has 4 bridgehead atoms. The fourth-order valence-electron chi connectivity index (χ4n) is 7.55. The number of hydrogen-bond acceptors (Lipinski definition) is 1. The third-order valence-electron chi connectivity index (χ3n) is 8.76. The van der Waals surface area contributed by atoms with Crippen LogP contribution < -0.4 is 0 Å². The quantitative estimate of drug-likeness (QED) is 0.284. The molecule has 0 radical (unpaired) electrons. The van der Waals surface area contributed by atoms with Crippen LogP contribution in [0.2, 0.25) is 0 Å². The van der Waals surface area contributed by atoms with Crippen molar-refractivity contribution in [3.05, 3.63) is 71.9 Å². The second-order valence-electron chi connectivity index (χ2n) is 10.0. The van der Waals surface area contributed by atoms with Crippen LogP contribution in [0, 0.1) is 11.8 Å². The van der Waals surface area contributed by atoms with Gasteiger partial charge in [0.15, 0.2) is 4.33 Å². The maximum atomic E-state index is 7.39. The third kappa shape index (κ3) is 2.38. The van der Waals surface area contributed by atoms with Gasteiger partial charge in [-0.2, -0.15) is 5.10 Å². The van der Waals surface area contributed by atoms with Crippen LogP contribution in [0.3, 0.4) is 0 Å². The van der Waals surface area contributed by atoms with Gasteiger partial charge in [0.25, 0.3) is 0 Å². The molecule has 176 valence electrons. The van der Waals surface area contributed by atoms with E-state index in [0.717, 1.165) is 29.8 Å². The van der Waals surface area contributed by atoms with E-state index >= 15 is 0 Å². The monoisotopic (exact) mass is 570 g/mol. The lowest BCUT2D eigenvalue weighted by Gasteiger charge is -2.55. The van der Waals surface area contributed by atoms with E-state index in [1.807, 2.05) is 36.4 Å². The first-order valence-electron chi connectivity index (χ1n) is 11.5. The normalized spacial score (nSPS) is 40.9. The Hall–Kier alpha value is -0.610. The number of benzene rings is 2. The minimum absolute atomic E-state index is 0.0654. The van der Waals surface area contributed by atoms with Gasteiger partial charge in [0.05, 0.1) is 27.8 Å². The molecular weight excluding hydrogens is 553 g/mol. The van der Waals surface area contributed by atoms with Crippen molar-refractivity contribution in [2.45, 2.75) is 49.5 Å². The van der Waals surface area contributed by atoms with Crippen LogP contribution in [0.1, 0.15) is 35.9 Å². The van der Waals surface area contributed by atoms with Crippen molar-refractivity contribution in [2.24, 2.45) is 11.8 Å². The average Bonchev–Trinajstić information content (AvgIpc) is 3.38. The van der Waals surface area contributed by atoms with Crippen molar-refractivity contribution < 1.29 is 0 Å². The molecule has 34 heavy (non-hydrogen) atoms. The van der Waals surface area contributed by atoms with Crippen LogP contribution in [-0.2, 0) is 0 Å². The highest BCUT2D eigenvalue weighted by molar-refractivity contribution is 6.62. The zero-order chi connectivity index (χ0) is 23.6. The Morgan fingerprint density at radius 3 is 1.88 bits per heavy atom. The van der Waals surface area contributed by atoms with Gasteiger partial charge in [-0.1, -0.05) is 71.7 Å².